The van der Waals surface area contributed by atoms with Gasteiger partial charge in [-0.1, -0.05) is 20.8 Å². The van der Waals surface area contributed by atoms with Gasteiger partial charge < -0.3 is 16.0 Å². The minimum absolute atomic E-state index is 0.0512. The zero-order chi connectivity index (χ0) is 17.2. The quantitative estimate of drug-likeness (QED) is 0.883. The Morgan fingerprint density at radius 1 is 1.30 bits per heavy atom. The van der Waals surface area contributed by atoms with E-state index in [9.17, 15) is 4.79 Å². The van der Waals surface area contributed by atoms with Gasteiger partial charge in [-0.05, 0) is 32.1 Å². The topological polar surface area (TPSA) is 84.1 Å². The summed E-state index contributed by atoms with van der Waals surface area (Å²) < 4.78 is 0. The average Bonchev–Trinajstić information content (AvgIpc) is 2.45. The Bertz CT molecular complexity index is 538. The van der Waals surface area contributed by atoms with E-state index in [2.05, 4.69) is 20.2 Å². The summed E-state index contributed by atoms with van der Waals surface area (Å²) in [5, 5.41) is 3.10. The van der Waals surface area contributed by atoms with Gasteiger partial charge in [-0.2, -0.15) is 0 Å². The van der Waals surface area contributed by atoms with Crippen molar-refractivity contribution in [3.63, 3.8) is 0 Å². The molecular weight excluding hydrogens is 290 g/mol. The van der Waals surface area contributed by atoms with Crippen LogP contribution in [0.3, 0.4) is 0 Å². The van der Waals surface area contributed by atoms with Crippen LogP contribution in [0.1, 0.15) is 45.1 Å². The Hall–Kier alpha value is -1.69. The lowest BCUT2D eigenvalue weighted by molar-refractivity contribution is -0.125. The first kappa shape index (κ1) is 17.7. The van der Waals surface area contributed by atoms with Crippen LogP contribution in [0.2, 0.25) is 0 Å². The van der Waals surface area contributed by atoms with E-state index in [0.29, 0.717) is 0 Å². The molecule has 23 heavy (non-hydrogen) atoms. The van der Waals surface area contributed by atoms with E-state index in [0.717, 1.165) is 43.3 Å². The van der Waals surface area contributed by atoms with Crippen LogP contribution in [-0.2, 0) is 4.79 Å². The van der Waals surface area contributed by atoms with Crippen molar-refractivity contribution in [3.05, 3.63) is 17.6 Å². The molecule has 2 rings (SSSR count). The van der Waals surface area contributed by atoms with Gasteiger partial charge in [0.1, 0.15) is 11.6 Å². The molecule has 1 saturated heterocycles. The summed E-state index contributed by atoms with van der Waals surface area (Å²) in [4.78, 5) is 23.3. The Morgan fingerprint density at radius 3 is 2.43 bits per heavy atom. The van der Waals surface area contributed by atoms with Crippen LogP contribution >= 0.6 is 0 Å². The summed E-state index contributed by atoms with van der Waals surface area (Å²) in [5.74, 6) is 1.72. The van der Waals surface area contributed by atoms with Crippen LogP contribution in [0.15, 0.2) is 6.07 Å². The molecule has 0 saturated carbocycles. The molecule has 128 valence electrons. The summed E-state index contributed by atoms with van der Waals surface area (Å²) in [6.07, 6.45) is 1.81. The fourth-order valence-electron chi connectivity index (χ4n) is 2.80. The van der Waals surface area contributed by atoms with Crippen molar-refractivity contribution in [2.45, 2.75) is 59.5 Å². The first-order chi connectivity index (χ1) is 10.7. The normalized spacial score (nSPS) is 17.9. The van der Waals surface area contributed by atoms with Crippen molar-refractivity contribution in [1.82, 2.24) is 15.3 Å². The third kappa shape index (κ3) is 4.64. The molecule has 0 spiro atoms. The summed E-state index contributed by atoms with van der Waals surface area (Å²) in [7, 11) is 0. The molecule has 0 bridgehead atoms. The van der Waals surface area contributed by atoms with E-state index < -0.39 is 6.04 Å². The number of aryl methyl sites for hydroxylation is 2. The number of rotatable bonds is 3. The highest BCUT2D eigenvalue weighted by Crippen LogP contribution is 2.20. The zero-order valence-electron chi connectivity index (χ0n) is 14.9. The summed E-state index contributed by atoms with van der Waals surface area (Å²) in [5.41, 5.74) is 6.79. The number of nitrogens with zero attached hydrogens (tertiary/aromatic N) is 3. The maximum Gasteiger partial charge on any atom is 0.237 e. The van der Waals surface area contributed by atoms with Gasteiger partial charge >= 0.3 is 0 Å². The minimum Gasteiger partial charge on any atom is -0.356 e. The summed E-state index contributed by atoms with van der Waals surface area (Å²) in [6, 6.07) is 1.73. The van der Waals surface area contributed by atoms with Crippen molar-refractivity contribution in [3.8, 4) is 0 Å². The third-order valence-electron chi connectivity index (χ3n) is 4.33. The molecular formula is C17H29N5O. The molecule has 1 atom stereocenters. The molecule has 0 unspecified atom stereocenters. The highest BCUT2D eigenvalue weighted by Gasteiger charge is 2.30. The fraction of sp³-hybridized carbons (Fsp3) is 0.706. The fourth-order valence-corrected chi connectivity index (χ4v) is 2.80. The van der Waals surface area contributed by atoms with E-state index in [4.69, 9.17) is 5.73 Å². The number of carbonyl (C=O) groups is 1. The van der Waals surface area contributed by atoms with Crippen LogP contribution in [0.5, 0.6) is 0 Å². The number of piperidine rings is 1. The number of carbonyl (C=O) groups excluding carboxylic acids is 1. The molecule has 3 N–H and O–H groups in total. The lowest BCUT2D eigenvalue weighted by Gasteiger charge is -2.35. The second-order valence-corrected chi connectivity index (χ2v) is 7.53. The van der Waals surface area contributed by atoms with Crippen LogP contribution in [-0.4, -0.2) is 41.0 Å². The molecule has 1 fully saturated rings. The van der Waals surface area contributed by atoms with Gasteiger partial charge in [-0.25, -0.2) is 9.97 Å². The minimum atomic E-state index is -0.479. The molecule has 0 aromatic carbocycles. The number of nitrogens with two attached hydrogens (primary N) is 1. The molecule has 1 amide bonds. The summed E-state index contributed by atoms with van der Waals surface area (Å²) >= 11 is 0. The van der Waals surface area contributed by atoms with Gasteiger partial charge in [0.05, 0.1) is 6.04 Å². The Labute approximate surface area is 138 Å². The van der Waals surface area contributed by atoms with E-state index in [-0.39, 0.29) is 17.4 Å². The highest BCUT2D eigenvalue weighted by molar-refractivity contribution is 5.82. The van der Waals surface area contributed by atoms with E-state index in [1.165, 1.54) is 0 Å². The molecule has 1 aliphatic heterocycles. The van der Waals surface area contributed by atoms with Gasteiger partial charge in [0, 0.05) is 30.9 Å². The standard InChI is InChI=1S/C17H29N5O/c1-11-10-14(20-12(2)19-11)22-8-6-13(7-9-22)21-16(23)15(18)17(3,4)5/h10,13,15H,6-9,18H2,1-5H3,(H,21,23)/t15-/m1/s1. The molecule has 0 radical (unpaired) electrons. The SMILES string of the molecule is Cc1cc(N2CCC(NC(=O)[C@@H](N)C(C)(C)C)CC2)nc(C)n1. The van der Waals surface area contributed by atoms with E-state index >= 15 is 0 Å². The molecule has 6 heteroatoms. The van der Waals surface area contributed by atoms with Crippen molar-refractivity contribution >= 4 is 11.7 Å². The second kappa shape index (κ2) is 6.83. The van der Waals surface area contributed by atoms with E-state index in [1.807, 2.05) is 40.7 Å². The Balaban J connectivity index is 1.90. The third-order valence-corrected chi connectivity index (χ3v) is 4.33. The first-order valence-electron chi connectivity index (χ1n) is 8.30. The maximum atomic E-state index is 12.2. The molecule has 2 heterocycles. The smallest absolute Gasteiger partial charge is 0.237 e. The monoisotopic (exact) mass is 319 g/mol. The number of hydrogen-bond donors (Lipinski definition) is 2. The Kier molecular flexibility index (Phi) is 5.24. The predicted molar refractivity (Wildman–Crippen MR) is 92.3 cm³/mol. The molecule has 1 aliphatic rings. The van der Waals surface area contributed by atoms with E-state index in [1.54, 1.807) is 0 Å². The van der Waals surface area contributed by atoms with Crippen LogP contribution in [0.25, 0.3) is 0 Å². The van der Waals surface area contributed by atoms with Crippen LogP contribution in [0.4, 0.5) is 5.82 Å². The summed E-state index contributed by atoms with van der Waals surface area (Å²) in [6.45, 7) is 11.6. The van der Waals surface area contributed by atoms with Gasteiger partial charge in [0.25, 0.3) is 0 Å². The Morgan fingerprint density at radius 2 is 1.91 bits per heavy atom. The lowest BCUT2D eigenvalue weighted by atomic mass is 9.86. The van der Waals surface area contributed by atoms with Crippen LogP contribution in [0, 0.1) is 19.3 Å². The number of nitrogens with one attached hydrogen (secondary N) is 1. The predicted octanol–water partition coefficient (Wildman–Crippen LogP) is 1.55. The largest absolute Gasteiger partial charge is 0.356 e. The molecule has 6 nitrogen and oxygen atoms in total. The van der Waals surface area contributed by atoms with Gasteiger partial charge in [-0.3, -0.25) is 4.79 Å². The average molecular weight is 319 g/mol. The number of hydrogen-bond acceptors (Lipinski definition) is 5. The number of amides is 1. The van der Waals surface area contributed by atoms with Crippen molar-refractivity contribution in [1.29, 1.82) is 0 Å². The first-order valence-corrected chi connectivity index (χ1v) is 8.30. The molecule has 1 aromatic heterocycles. The van der Waals surface area contributed by atoms with Gasteiger partial charge in [-0.15, -0.1) is 0 Å². The highest BCUT2D eigenvalue weighted by atomic mass is 16.2. The van der Waals surface area contributed by atoms with Crippen molar-refractivity contribution in [2.75, 3.05) is 18.0 Å². The number of anilines is 1. The van der Waals surface area contributed by atoms with Gasteiger partial charge in [0.2, 0.25) is 5.91 Å². The van der Waals surface area contributed by atoms with Gasteiger partial charge in [0.15, 0.2) is 0 Å². The van der Waals surface area contributed by atoms with Crippen molar-refractivity contribution < 1.29 is 4.79 Å². The lowest BCUT2D eigenvalue weighted by Crippen LogP contribution is -2.53. The molecule has 0 aliphatic carbocycles. The zero-order valence-corrected chi connectivity index (χ0v) is 14.9. The second-order valence-electron chi connectivity index (χ2n) is 7.53. The van der Waals surface area contributed by atoms with Crippen molar-refractivity contribution in [2.24, 2.45) is 11.1 Å². The molecule has 1 aromatic rings. The number of aromatic nitrogens is 2. The maximum absolute atomic E-state index is 12.2. The van der Waals surface area contributed by atoms with Crippen LogP contribution < -0.4 is 16.0 Å².